The van der Waals surface area contributed by atoms with Crippen LogP contribution in [0.25, 0.3) is 0 Å². The lowest BCUT2D eigenvalue weighted by atomic mass is 9.99. The zero-order chi connectivity index (χ0) is 13.8. The Balaban J connectivity index is 2.40. The van der Waals surface area contributed by atoms with Crippen molar-refractivity contribution >= 4 is 23.4 Å². The molecule has 3 N–H and O–H groups in total. The zero-order valence-corrected chi connectivity index (χ0v) is 11.9. The molecule has 0 heterocycles. The van der Waals surface area contributed by atoms with Crippen molar-refractivity contribution in [3.05, 3.63) is 64.4 Å². The average molecular weight is 297 g/mol. The van der Waals surface area contributed by atoms with Gasteiger partial charge in [-0.25, -0.2) is 9.82 Å². The molecular formula is C14H14ClFN2S. The van der Waals surface area contributed by atoms with Gasteiger partial charge in [0.15, 0.2) is 0 Å². The molecule has 0 bridgehead atoms. The Hall–Kier alpha value is -1.07. The zero-order valence-electron chi connectivity index (χ0n) is 10.4. The van der Waals surface area contributed by atoms with Gasteiger partial charge in [-0.15, -0.1) is 11.8 Å². The summed E-state index contributed by atoms with van der Waals surface area (Å²) in [6.07, 6.45) is 2.01. The van der Waals surface area contributed by atoms with Gasteiger partial charge in [0, 0.05) is 9.92 Å². The quantitative estimate of drug-likeness (QED) is 0.513. The molecule has 2 nitrogen and oxygen atoms in total. The number of hydrogen-bond acceptors (Lipinski definition) is 3. The largest absolute Gasteiger partial charge is 0.271 e. The summed E-state index contributed by atoms with van der Waals surface area (Å²) >= 11 is 7.77. The third kappa shape index (κ3) is 3.28. The Kier molecular flexibility index (Phi) is 4.82. The predicted molar refractivity (Wildman–Crippen MR) is 78.8 cm³/mol. The van der Waals surface area contributed by atoms with Gasteiger partial charge in [-0.1, -0.05) is 23.7 Å². The summed E-state index contributed by atoms with van der Waals surface area (Å²) in [6, 6.07) is 11.8. The molecule has 2 rings (SSSR count). The first-order valence-corrected chi connectivity index (χ1v) is 7.31. The summed E-state index contributed by atoms with van der Waals surface area (Å²) in [5.74, 6) is 5.26. The SMILES string of the molecule is CSc1ccc(C(NN)c2cc(F)ccc2Cl)cc1. The molecule has 0 aliphatic rings. The van der Waals surface area contributed by atoms with Crippen LogP contribution >= 0.6 is 23.4 Å². The first-order valence-electron chi connectivity index (χ1n) is 5.70. The fourth-order valence-corrected chi connectivity index (χ4v) is 2.53. The molecule has 0 aliphatic carbocycles. The molecule has 0 spiro atoms. The molecule has 0 aromatic heterocycles. The third-order valence-corrected chi connectivity index (χ3v) is 3.97. The van der Waals surface area contributed by atoms with Gasteiger partial charge < -0.3 is 0 Å². The first-order chi connectivity index (χ1) is 9.15. The molecule has 0 radical (unpaired) electrons. The first kappa shape index (κ1) is 14.3. The molecular weight excluding hydrogens is 283 g/mol. The molecule has 100 valence electrons. The van der Waals surface area contributed by atoms with Crippen molar-refractivity contribution in [2.24, 2.45) is 5.84 Å². The van der Waals surface area contributed by atoms with E-state index in [1.54, 1.807) is 11.8 Å². The third-order valence-electron chi connectivity index (χ3n) is 2.88. The van der Waals surface area contributed by atoms with E-state index in [4.69, 9.17) is 17.4 Å². The number of nitrogens with two attached hydrogens (primary N) is 1. The van der Waals surface area contributed by atoms with Gasteiger partial charge >= 0.3 is 0 Å². The Morgan fingerprint density at radius 3 is 2.47 bits per heavy atom. The van der Waals surface area contributed by atoms with E-state index in [2.05, 4.69) is 5.43 Å². The van der Waals surface area contributed by atoms with E-state index in [-0.39, 0.29) is 11.9 Å². The van der Waals surface area contributed by atoms with E-state index in [1.807, 2.05) is 30.5 Å². The standard InChI is InChI=1S/C14H14ClFN2S/c1-19-11-5-2-9(3-6-11)14(18-17)12-8-10(16)4-7-13(12)15/h2-8,14,18H,17H2,1H3. The fraction of sp³-hybridized carbons (Fsp3) is 0.143. The number of rotatable bonds is 4. The molecule has 2 aromatic carbocycles. The van der Waals surface area contributed by atoms with Gasteiger partial charge in [0.05, 0.1) is 6.04 Å². The van der Waals surface area contributed by atoms with Crippen molar-refractivity contribution in [3.63, 3.8) is 0 Å². The molecule has 0 fully saturated rings. The highest BCUT2D eigenvalue weighted by Crippen LogP contribution is 2.29. The molecule has 1 atom stereocenters. The van der Waals surface area contributed by atoms with Crippen LogP contribution in [0.15, 0.2) is 47.4 Å². The fourth-order valence-electron chi connectivity index (χ4n) is 1.90. The van der Waals surface area contributed by atoms with Crippen LogP contribution in [0.3, 0.4) is 0 Å². The van der Waals surface area contributed by atoms with E-state index in [0.717, 1.165) is 10.5 Å². The van der Waals surface area contributed by atoms with Crippen molar-refractivity contribution in [1.82, 2.24) is 5.43 Å². The van der Waals surface area contributed by atoms with Crippen molar-refractivity contribution in [2.45, 2.75) is 10.9 Å². The number of halogens is 2. The average Bonchev–Trinajstić information content (AvgIpc) is 2.44. The van der Waals surface area contributed by atoms with Crippen LogP contribution in [0.5, 0.6) is 0 Å². The molecule has 0 saturated carbocycles. The lowest BCUT2D eigenvalue weighted by Crippen LogP contribution is -2.29. The highest BCUT2D eigenvalue weighted by Gasteiger charge is 2.16. The molecule has 0 saturated heterocycles. The van der Waals surface area contributed by atoms with Crippen LogP contribution in [0.2, 0.25) is 5.02 Å². The van der Waals surface area contributed by atoms with Crippen molar-refractivity contribution in [2.75, 3.05) is 6.26 Å². The summed E-state index contributed by atoms with van der Waals surface area (Å²) in [4.78, 5) is 1.16. The Bertz CT molecular complexity index is 560. The van der Waals surface area contributed by atoms with Crippen molar-refractivity contribution in [3.8, 4) is 0 Å². The number of thioether (sulfide) groups is 1. The van der Waals surface area contributed by atoms with E-state index >= 15 is 0 Å². The summed E-state index contributed by atoms with van der Waals surface area (Å²) in [6.45, 7) is 0. The number of hydrazine groups is 1. The van der Waals surface area contributed by atoms with Gasteiger partial charge in [0.25, 0.3) is 0 Å². The molecule has 5 heteroatoms. The number of benzene rings is 2. The van der Waals surface area contributed by atoms with Gasteiger partial charge in [0.1, 0.15) is 5.82 Å². The summed E-state index contributed by atoms with van der Waals surface area (Å²) in [5, 5.41) is 0.485. The minimum Gasteiger partial charge on any atom is -0.271 e. The Labute approximate surface area is 121 Å². The van der Waals surface area contributed by atoms with Gasteiger partial charge in [-0.2, -0.15) is 0 Å². The molecule has 1 unspecified atom stereocenters. The molecule has 0 amide bonds. The Morgan fingerprint density at radius 1 is 1.21 bits per heavy atom. The highest BCUT2D eigenvalue weighted by atomic mass is 35.5. The number of nitrogens with one attached hydrogen (secondary N) is 1. The van der Waals surface area contributed by atoms with Crippen LogP contribution in [-0.2, 0) is 0 Å². The smallest absolute Gasteiger partial charge is 0.123 e. The maximum atomic E-state index is 13.3. The van der Waals surface area contributed by atoms with Gasteiger partial charge in [0.2, 0.25) is 0 Å². The van der Waals surface area contributed by atoms with Gasteiger partial charge in [-0.3, -0.25) is 5.84 Å². The van der Waals surface area contributed by atoms with Crippen LogP contribution < -0.4 is 11.3 Å². The second kappa shape index (κ2) is 6.39. The van der Waals surface area contributed by atoms with Crippen LogP contribution in [-0.4, -0.2) is 6.26 Å². The maximum Gasteiger partial charge on any atom is 0.123 e. The molecule has 19 heavy (non-hydrogen) atoms. The van der Waals surface area contributed by atoms with E-state index in [9.17, 15) is 4.39 Å². The molecule has 2 aromatic rings. The maximum absolute atomic E-state index is 13.3. The summed E-state index contributed by atoms with van der Waals surface area (Å²) in [5.41, 5.74) is 4.25. The summed E-state index contributed by atoms with van der Waals surface area (Å²) in [7, 11) is 0. The van der Waals surface area contributed by atoms with E-state index in [0.29, 0.717) is 10.6 Å². The normalized spacial score (nSPS) is 12.4. The lowest BCUT2D eigenvalue weighted by Gasteiger charge is -2.18. The minimum atomic E-state index is -0.334. The van der Waals surface area contributed by atoms with Crippen molar-refractivity contribution < 1.29 is 4.39 Å². The topological polar surface area (TPSA) is 38.0 Å². The monoisotopic (exact) mass is 296 g/mol. The van der Waals surface area contributed by atoms with E-state index < -0.39 is 0 Å². The minimum absolute atomic E-state index is 0.333. The second-order valence-electron chi connectivity index (χ2n) is 4.04. The lowest BCUT2D eigenvalue weighted by molar-refractivity contribution is 0.605. The molecule has 0 aliphatic heterocycles. The Morgan fingerprint density at radius 2 is 1.89 bits per heavy atom. The van der Waals surface area contributed by atoms with Crippen LogP contribution in [0.4, 0.5) is 4.39 Å². The van der Waals surface area contributed by atoms with E-state index in [1.165, 1.54) is 18.2 Å². The second-order valence-corrected chi connectivity index (χ2v) is 5.33. The van der Waals surface area contributed by atoms with Crippen molar-refractivity contribution in [1.29, 1.82) is 0 Å². The predicted octanol–water partition coefficient (Wildman–Crippen LogP) is 3.75. The number of hydrogen-bond donors (Lipinski definition) is 2. The highest BCUT2D eigenvalue weighted by molar-refractivity contribution is 7.98. The summed E-state index contributed by atoms with van der Waals surface area (Å²) < 4.78 is 13.3. The van der Waals surface area contributed by atoms with Gasteiger partial charge in [-0.05, 0) is 47.7 Å². The van der Waals surface area contributed by atoms with Crippen LogP contribution in [0, 0.1) is 5.82 Å². The van der Waals surface area contributed by atoms with Crippen LogP contribution in [0.1, 0.15) is 17.2 Å².